The molecule has 0 saturated carbocycles. The maximum absolute atomic E-state index is 12.5. The van der Waals surface area contributed by atoms with E-state index < -0.39 is 0 Å². The van der Waals surface area contributed by atoms with Crippen molar-refractivity contribution in [3.63, 3.8) is 0 Å². The van der Waals surface area contributed by atoms with Gasteiger partial charge in [-0.05, 0) is 54.6 Å². The van der Waals surface area contributed by atoms with E-state index in [2.05, 4.69) is 13.0 Å². The van der Waals surface area contributed by atoms with Crippen LogP contribution in [0.5, 0.6) is 0 Å². The van der Waals surface area contributed by atoms with Crippen molar-refractivity contribution in [2.75, 3.05) is 0 Å². The highest BCUT2D eigenvalue weighted by atomic mass is 32.2. The molecular weight excluding hydrogens is 291 g/mol. The number of halogens is 1. The fraction of sp³-hybridized carbons (Fsp3) is 0.200. The zero-order chi connectivity index (χ0) is 15.4. The Hall–Kier alpha value is -1.01. The first-order chi connectivity index (χ1) is 9.69. The van der Waals surface area contributed by atoms with Gasteiger partial charge in [0.2, 0.25) is 0 Å². The molecule has 2 rings (SSSR count). The largest absolute Gasteiger partial charge is 0.274 e. The Labute approximate surface area is 129 Å². The lowest BCUT2D eigenvalue weighted by Gasteiger charge is -1.97. The summed E-state index contributed by atoms with van der Waals surface area (Å²) in [7, 11) is 0. The van der Waals surface area contributed by atoms with Crippen molar-refractivity contribution in [1.29, 1.82) is 0 Å². The van der Waals surface area contributed by atoms with E-state index in [-0.39, 0.29) is 5.82 Å². The molecule has 20 heavy (non-hydrogen) atoms. The van der Waals surface area contributed by atoms with Crippen molar-refractivity contribution in [2.45, 2.75) is 30.6 Å². The van der Waals surface area contributed by atoms with Crippen LogP contribution in [0.25, 0.3) is 0 Å². The molecule has 0 aliphatic carbocycles. The van der Waals surface area contributed by atoms with Crippen molar-refractivity contribution in [3.8, 4) is 0 Å². The summed E-state index contributed by atoms with van der Waals surface area (Å²) < 4.78 is 12.5. The summed E-state index contributed by atoms with van der Waals surface area (Å²) >= 11 is 2.22. The number of nitrogens with two attached hydrogens (primary N) is 2. The Morgan fingerprint density at radius 3 is 1.60 bits per heavy atom. The van der Waals surface area contributed by atoms with E-state index in [0.29, 0.717) is 4.90 Å². The van der Waals surface area contributed by atoms with Gasteiger partial charge >= 0.3 is 0 Å². The van der Waals surface area contributed by atoms with Crippen molar-refractivity contribution < 1.29 is 4.39 Å². The smallest absolute Gasteiger partial charge is 0.138 e. The minimum Gasteiger partial charge on any atom is -0.274 e. The summed E-state index contributed by atoms with van der Waals surface area (Å²) in [6.07, 6.45) is 0. The van der Waals surface area contributed by atoms with Gasteiger partial charge in [0.25, 0.3) is 0 Å². The first kappa shape index (κ1) is 19.0. The topological polar surface area (TPSA) is 52.0 Å². The standard InChI is InChI=1S/C7H9NS.C6H6FNS.C2H6/c1-6-4-2-3-5-7(6)9-8;7-5-3-1-2-4-6(5)9-8;1-2/h2-5H,8H2,1H3;1-4H,8H2;1-2H3. The van der Waals surface area contributed by atoms with Crippen LogP contribution in [-0.4, -0.2) is 0 Å². The molecule has 0 aliphatic heterocycles. The number of hydrogen-bond acceptors (Lipinski definition) is 4. The average Bonchev–Trinajstić information content (AvgIpc) is 2.51. The minimum absolute atomic E-state index is 0.259. The molecule has 0 radical (unpaired) electrons. The second kappa shape index (κ2) is 11.8. The van der Waals surface area contributed by atoms with Gasteiger partial charge < -0.3 is 0 Å². The van der Waals surface area contributed by atoms with Crippen molar-refractivity contribution in [3.05, 3.63) is 59.9 Å². The SMILES string of the molecule is CC.Cc1ccccc1SN.NSc1ccccc1F. The van der Waals surface area contributed by atoms with Crippen LogP contribution in [0.4, 0.5) is 4.39 Å². The van der Waals surface area contributed by atoms with Crippen LogP contribution < -0.4 is 10.3 Å². The second-order valence-corrected chi connectivity index (χ2v) is 4.78. The molecule has 0 bridgehead atoms. The predicted octanol–water partition coefficient (Wildman–Crippen LogP) is 4.78. The Morgan fingerprint density at radius 2 is 1.25 bits per heavy atom. The molecule has 0 unspecified atom stereocenters. The van der Waals surface area contributed by atoms with Crippen LogP contribution in [0.15, 0.2) is 58.3 Å². The maximum atomic E-state index is 12.5. The number of benzene rings is 2. The molecular formula is C15H21FN2S2. The third kappa shape index (κ3) is 6.96. The van der Waals surface area contributed by atoms with Crippen molar-refractivity contribution >= 4 is 23.9 Å². The lowest BCUT2D eigenvalue weighted by Crippen LogP contribution is -1.82. The Morgan fingerprint density at radius 1 is 0.800 bits per heavy atom. The monoisotopic (exact) mass is 312 g/mol. The summed E-state index contributed by atoms with van der Waals surface area (Å²) in [5.41, 5.74) is 1.24. The van der Waals surface area contributed by atoms with E-state index in [1.807, 2.05) is 32.0 Å². The molecule has 5 heteroatoms. The van der Waals surface area contributed by atoms with Crippen LogP contribution in [0, 0.1) is 12.7 Å². The molecule has 2 aromatic rings. The van der Waals surface area contributed by atoms with Gasteiger partial charge in [-0.25, -0.2) is 4.39 Å². The lowest BCUT2D eigenvalue weighted by molar-refractivity contribution is 0.602. The van der Waals surface area contributed by atoms with Gasteiger partial charge in [0, 0.05) is 4.90 Å². The van der Waals surface area contributed by atoms with Crippen LogP contribution in [0.2, 0.25) is 0 Å². The molecule has 2 nitrogen and oxygen atoms in total. The fourth-order valence-electron chi connectivity index (χ4n) is 1.23. The Bertz CT molecular complexity index is 447. The zero-order valence-corrected chi connectivity index (χ0v) is 13.6. The summed E-state index contributed by atoms with van der Waals surface area (Å²) in [4.78, 5) is 1.63. The molecule has 0 atom stereocenters. The summed E-state index contributed by atoms with van der Waals surface area (Å²) in [6, 6.07) is 14.5. The fourth-order valence-corrected chi connectivity index (χ4v) is 1.98. The molecule has 0 aliphatic rings. The molecule has 0 spiro atoms. The van der Waals surface area contributed by atoms with E-state index in [9.17, 15) is 4.39 Å². The van der Waals surface area contributed by atoms with Gasteiger partial charge in [-0.3, -0.25) is 10.3 Å². The van der Waals surface area contributed by atoms with Crippen LogP contribution in [0.3, 0.4) is 0 Å². The maximum Gasteiger partial charge on any atom is 0.138 e. The third-order valence-electron chi connectivity index (χ3n) is 2.18. The number of rotatable bonds is 2. The van der Waals surface area contributed by atoms with Crippen LogP contribution >= 0.6 is 23.9 Å². The minimum atomic E-state index is -0.259. The lowest BCUT2D eigenvalue weighted by atomic mass is 10.2. The third-order valence-corrected chi connectivity index (χ3v) is 3.48. The molecule has 0 heterocycles. The highest BCUT2D eigenvalue weighted by molar-refractivity contribution is 7.97. The van der Waals surface area contributed by atoms with Crippen molar-refractivity contribution in [2.24, 2.45) is 10.3 Å². The normalized spacial score (nSPS) is 8.90. The first-order valence-electron chi connectivity index (χ1n) is 6.22. The van der Waals surface area contributed by atoms with Gasteiger partial charge in [-0.15, -0.1) is 0 Å². The van der Waals surface area contributed by atoms with E-state index in [1.165, 1.54) is 23.6 Å². The molecule has 0 aromatic heterocycles. The average molecular weight is 312 g/mol. The van der Waals surface area contributed by atoms with Gasteiger partial charge in [0.05, 0.1) is 4.90 Å². The quantitative estimate of drug-likeness (QED) is 0.784. The van der Waals surface area contributed by atoms with Gasteiger partial charge in [0.15, 0.2) is 0 Å². The van der Waals surface area contributed by atoms with Gasteiger partial charge in [0.1, 0.15) is 5.82 Å². The van der Waals surface area contributed by atoms with Crippen LogP contribution in [-0.2, 0) is 0 Å². The van der Waals surface area contributed by atoms with E-state index in [1.54, 1.807) is 18.2 Å². The molecule has 0 saturated heterocycles. The molecule has 110 valence electrons. The Balaban J connectivity index is 0.000000321. The van der Waals surface area contributed by atoms with E-state index >= 15 is 0 Å². The first-order valence-corrected chi connectivity index (χ1v) is 7.98. The highest BCUT2D eigenvalue weighted by Crippen LogP contribution is 2.15. The highest BCUT2D eigenvalue weighted by Gasteiger charge is 1.95. The molecule has 4 N–H and O–H groups in total. The number of aryl methyl sites for hydroxylation is 1. The molecule has 0 amide bonds. The van der Waals surface area contributed by atoms with Crippen LogP contribution in [0.1, 0.15) is 19.4 Å². The van der Waals surface area contributed by atoms with E-state index in [4.69, 9.17) is 10.3 Å². The van der Waals surface area contributed by atoms with Gasteiger partial charge in [-0.1, -0.05) is 44.2 Å². The van der Waals surface area contributed by atoms with Crippen molar-refractivity contribution in [1.82, 2.24) is 0 Å². The predicted molar refractivity (Wildman–Crippen MR) is 89.0 cm³/mol. The summed E-state index contributed by atoms with van der Waals surface area (Å²) in [6.45, 7) is 6.05. The van der Waals surface area contributed by atoms with E-state index in [0.717, 1.165) is 16.8 Å². The summed E-state index contributed by atoms with van der Waals surface area (Å²) in [5, 5.41) is 10.5. The zero-order valence-electron chi connectivity index (χ0n) is 12.0. The second-order valence-electron chi connectivity index (χ2n) is 3.43. The summed E-state index contributed by atoms with van der Waals surface area (Å²) in [5.74, 6) is -0.259. The van der Waals surface area contributed by atoms with Gasteiger partial charge in [-0.2, -0.15) is 0 Å². The molecule has 2 aromatic carbocycles. The molecule has 0 fully saturated rings. The Kier molecular flexibility index (Phi) is 11.2. The number of hydrogen-bond donors (Lipinski definition) is 2.